The van der Waals surface area contributed by atoms with Crippen molar-refractivity contribution >= 4 is 17.6 Å². The molecule has 0 radical (unpaired) electrons. The predicted octanol–water partition coefficient (Wildman–Crippen LogP) is 5.96. The van der Waals surface area contributed by atoms with Gasteiger partial charge in [0.2, 0.25) is 5.91 Å². The monoisotopic (exact) mass is 561 g/mol. The normalized spacial score (nSPS) is 13.3. The number of carbonyl (C=O) groups is 2. The first kappa shape index (κ1) is 29.0. The molecule has 0 aliphatic carbocycles. The van der Waals surface area contributed by atoms with Gasteiger partial charge in [-0.1, -0.05) is 86.1 Å². The number of carbonyl (C=O) groups excluding carboxylic acids is 2. The maximum absolute atomic E-state index is 13.3. The molecule has 2 heterocycles. The smallest absolute Gasteiger partial charge is 0.254 e. The third-order valence-corrected chi connectivity index (χ3v) is 7.78. The molecular weight excluding hydrogens is 522 g/mol. The van der Waals surface area contributed by atoms with Gasteiger partial charge in [0, 0.05) is 43.9 Å². The maximum atomic E-state index is 13.3. The highest BCUT2D eigenvalue weighted by Gasteiger charge is 2.26. The summed E-state index contributed by atoms with van der Waals surface area (Å²) in [6.07, 6.45) is 0.852. The average molecular weight is 562 g/mol. The summed E-state index contributed by atoms with van der Waals surface area (Å²) < 4.78 is 0. The van der Waals surface area contributed by atoms with E-state index in [1.807, 2.05) is 66.4 Å². The number of piperazine rings is 1. The zero-order valence-corrected chi connectivity index (χ0v) is 24.7. The minimum Gasteiger partial charge on any atom is -0.352 e. The third-order valence-electron chi connectivity index (χ3n) is 7.78. The van der Waals surface area contributed by atoms with Crippen molar-refractivity contribution in [3.05, 3.63) is 102 Å². The number of aryl methyl sites for hydroxylation is 1. The Bertz CT molecular complexity index is 1460. The first-order valence-electron chi connectivity index (χ1n) is 14.8. The minimum absolute atomic E-state index is 0.0146. The van der Waals surface area contributed by atoms with Crippen LogP contribution in [0.1, 0.15) is 36.2 Å². The molecule has 3 aromatic carbocycles. The Labute approximate surface area is 248 Å². The molecule has 216 valence electrons. The van der Waals surface area contributed by atoms with Gasteiger partial charge in [-0.2, -0.15) is 0 Å². The summed E-state index contributed by atoms with van der Waals surface area (Å²) in [6.45, 7) is 9.43. The van der Waals surface area contributed by atoms with Gasteiger partial charge < -0.3 is 14.7 Å². The van der Waals surface area contributed by atoms with Crippen LogP contribution in [0.5, 0.6) is 0 Å². The van der Waals surface area contributed by atoms with Gasteiger partial charge in [-0.15, -0.1) is 10.2 Å². The van der Waals surface area contributed by atoms with E-state index in [9.17, 15) is 9.59 Å². The molecule has 5 rings (SSSR count). The number of rotatable bonds is 9. The first-order chi connectivity index (χ1) is 20.4. The highest BCUT2D eigenvalue weighted by atomic mass is 16.2. The van der Waals surface area contributed by atoms with E-state index in [2.05, 4.69) is 65.3 Å². The van der Waals surface area contributed by atoms with Gasteiger partial charge in [0.15, 0.2) is 5.82 Å². The van der Waals surface area contributed by atoms with Crippen molar-refractivity contribution in [2.24, 2.45) is 5.92 Å². The van der Waals surface area contributed by atoms with Crippen LogP contribution >= 0.6 is 0 Å². The third kappa shape index (κ3) is 7.21. The molecule has 1 aliphatic heterocycles. The van der Waals surface area contributed by atoms with E-state index in [-0.39, 0.29) is 18.4 Å². The molecule has 0 bridgehead atoms. The zero-order chi connectivity index (χ0) is 29.5. The van der Waals surface area contributed by atoms with Crippen molar-refractivity contribution in [3.63, 3.8) is 0 Å². The van der Waals surface area contributed by atoms with Crippen LogP contribution in [0.15, 0.2) is 91.0 Å². The number of anilines is 1. The molecule has 7 heteroatoms. The Morgan fingerprint density at radius 1 is 0.762 bits per heavy atom. The Hall–Kier alpha value is -4.52. The molecule has 1 fully saturated rings. The number of hydrogen-bond donors (Lipinski definition) is 0. The minimum atomic E-state index is -0.0901. The first-order valence-corrected chi connectivity index (χ1v) is 14.8. The van der Waals surface area contributed by atoms with Gasteiger partial charge in [0.05, 0.1) is 5.69 Å². The summed E-state index contributed by atoms with van der Waals surface area (Å²) in [5.41, 5.74) is 5.92. The van der Waals surface area contributed by atoms with Crippen molar-refractivity contribution < 1.29 is 9.59 Å². The second-order valence-electron chi connectivity index (χ2n) is 11.4. The lowest BCUT2D eigenvalue weighted by molar-refractivity contribution is -0.132. The van der Waals surface area contributed by atoms with E-state index >= 15 is 0 Å². The summed E-state index contributed by atoms with van der Waals surface area (Å²) >= 11 is 0. The van der Waals surface area contributed by atoms with E-state index in [0.29, 0.717) is 44.2 Å². The van der Waals surface area contributed by atoms with E-state index in [4.69, 9.17) is 0 Å². The summed E-state index contributed by atoms with van der Waals surface area (Å²) in [4.78, 5) is 32.3. The van der Waals surface area contributed by atoms with E-state index in [0.717, 1.165) is 29.1 Å². The molecule has 0 unspecified atom stereocenters. The van der Waals surface area contributed by atoms with Crippen LogP contribution in [0, 0.1) is 12.8 Å². The highest BCUT2D eigenvalue weighted by molar-refractivity contribution is 5.96. The molecule has 1 aliphatic rings. The number of aromatic nitrogens is 2. The Morgan fingerprint density at radius 3 is 2.02 bits per heavy atom. The molecule has 7 nitrogen and oxygen atoms in total. The molecule has 0 spiro atoms. The van der Waals surface area contributed by atoms with Crippen LogP contribution in [0.4, 0.5) is 5.82 Å². The van der Waals surface area contributed by atoms with Gasteiger partial charge in [-0.25, -0.2) is 0 Å². The lowest BCUT2D eigenvalue weighted by atomic mass is 10.0. The molecule has 2 amide bonds. The molecular formula is C35H39N5O2. The molecule has 4 aromatic rings. The summed E-state index contributed by atoms with van der Waals surface area (Å²) in [5, 5.41) is 8.99. The Kier molecular flexibility index (Phi) is 9.27. The van der Waals surface area contributed by atoms with Gasteiger partial charge in [0.25, 0.3) is 5.91 Å². The van der Waals surface area contributed by atoms with Crippen LogP contribution in [-0.2, 0) is 4.79 Å². The highest BCUT2D eigenvalue weighted by Crippen LogP contribution is 2.24. The van der Waals surface area contributed by atoms with Crippen LogP contribution in [0.2, 0.25) is 0 Å². The Morgan fingerprint density at radius 2 is 1.40 bits per heavy atom. The van der Waals surface area contributed by atoms with Crippen LogP contribution in [0.3, 0.4) is 0 Å². The van der Waals surface area contributed by atoms with Crippen molar-refractivity contribution in [3.8, 4) is 22.4 Å². The van der Waals surface area contributed by atoms with Crippen molar-refractivity contribution in [1.82, 2.24) is 20.0 Å². The molecule has 1 aromatic heterocycles. The van der Waals surface area contributed by atoms with Gasteiger partial charge in [-0.3, -0.25) is 9.59 Å². The molecule has 0 saturated carbocycles. The van der Waals surface area contributed by atoms with Crippen molar-refractivity contribution in [2.45, 2.75) is 27.2 Å². The lowest BCUT2D eigenvalue weighted by Gasteiger charge is -2.36. The number of nitrogens with zero attached hydrogens (tertiary/aromatic N) is 5. The second-order valence-corrected chi connectivity index (χ2v) is 11.4. The second kappa shape index (κ2) is 13.4. The topological polar surface area (TPSA) is 69.6 Å². The van der Waals surface area contributed by atoms with Gasteiger partial charge in [-0.05, 0) is 54.7 Å². The molecule has 0 atom stereocenters. The fourth-order valence-corrected chi connectivity index (χ4v) is 5.11. The summed E-state index contributed by atoms with van der Waals surface area (Å²) in [6, 6.07) is 30.2. The fraction of sp³-hybridized carbons (Fsp3) is 0.314. The maximum Gasteiger partial charge on any atom is 0.254 e. The zero-order valence-electron chi connectivity index (χ0n) is 24.7. The standard InChI is InChI=1S/C35H39N5O2/c1-26(2)19-20-40(35(42)31-11-9-27(3)10-12-31)25-34(41)39-23-21-38(22-24-39)33-18-17-32(36-37-33)30-15-13-29(14-16-30)28-7-5-4-6-8-28/h4-18,26H,19-25H2,1-3H3. The van der Waals surface area contributed by atoms with E-state index in [1.54, 1.807) is 4.90 Å². The van der Waals surface area contributed by atoms with Gasteiger partial charge in [0.1, 0.15) is 6.54 Å². The van der Waals surface area contributed by atoms with Crippen molar-refractivity contribution in [2.75, 3.05) is 44.2 Å². The quantitative estimate of drug-likeness (QED) is 0.252. The van der Waals surface area contributed by atoms with E-state index in [1.165, 1.54) is 11.1 Å². The average Bonchev–Trinajstić information content (AvgIpc) is 3.03. The predicted molar refractivity (Wildman–Crippen MR) is 168 cm³/mol. The van der Waals surface area contributed by atoms with E-state index < -0.39 is 0 Å². The SMILES string of the molecule is Cc1ccc(C(=O)N(CCC(C)C)CC(=O)N2CCN(c3ccc(-c4ccc(-c5ccccc5)cc4)nn3)CC2)cc1. The molecule has 42 heavy (non-hydrogen) atoms. The summed E-state index contributed by atoms with van der Waals surface area (Å²) in [7, 11) is 0. The van der Waals surface area contributed by atoms with Crippen LogP contribution in [0.25, 0.3) is 22.4 Å². The number of hydrogen-bond acceptors (Lipinski definition) is 5. The lowest BCUT2D eigenvalue weighted by Crippen LogP contribution is -2.52. The number of amides is 2. The summed E-state index contributed by atoms with van der Waals surface area (Å²) in [5.74, 6) is 1.14. The molecule has 0 N–H and O–H groups in total. The fourth-order valence-electron chi connectivity index (χ4n) is 5.11. The number of benzene rings is 3. The van der Waals surface area contributed by atoms with Gasteiger partial charge >= 0.3 is 0 Å². The molecule has 1 saturated heterocycles. The largest absolute Gasteiger partial charge is 0.352 e. The van der Waals surface area contributed by atoms with Crippen LogP contribution < -0.4 is 4.90 Å². The Balaban J connectivity index is 1.17. The van der Waals surface area contributed by atoms with Crippen molar-refractivity contribution in [1.29, 1.82) is 0 Å². The van der Waals surface area contributed by atoms with Crippen LogP contribution in [-0.4, -0.2) is 71.1 Å².